The molecule has 0 N–H and O–H groups in total. The quantitative estimate of drug-likeness (QED) is 0.159. The molecule has 228 valence electrons. The molecule has 0 aliphatic carbocycles. The lowest BCUT2D eigenvalue weighted by molar-refractivity contribution is 0.00578. The van der Waals surface area contributed by atoms with Crippen molar-refractivity contribution < 1.29 is 20.3 Å². The predicted octanol–water partition coefficient (Wildman–Crippen LogP) is 8.30. The predicted molar refractivity (Wildman–Crippen MR) is 186 cm³/mol. The zero-order valence-electron chi connectivity index (χ0n) is 34.6. The third kappa shape index (κ3) is 6.95. The molecule has 1 saturated heterocycles. The highest BCUT2D eigenvalue weighted by atomic mass is 16.7. The van der Waals surface area contributed by atoms with Gasteiger partial charge in [0, 0.05) is 34.5 Å². The minimum atomic E-state index is -2.76. The van der Waals surface area contributed by atoms with Gasteiger partial charge in [-0.3, -0.25) is 9.97 Å². The van der Waals surface area contributed by atoms with Crippen LogP contribution in [0.1, 0.15) is 72.0 Å². The average Bonchev–Trinajstić information content (AvgIpc) is 3.34. The van der Waals surface area contributed by atoms with Gasteiger partial charge in [-0.1, -0.05) is 78.9 Å². The van der Waals surface area contributed by atoms with Crippen LogP contribution in [0.25, 0.3) is 22.5 Å². The summed E-state index contributed by atoms with van der Waals surface area (Å²) in [6, 6.07) is 26.3. The van der Waals surface area contributed by atoms with Crippen LogP contribution < -0.4 is 5.46 Å². The topological polar surface area (TPSA) is 44.2 Å². The van der Waals surface area contributed by atoms with Gasteiger partial charge in [-0.25, -0.2) is 0 Å². The summed E-state index contributed by atoms with van der Waals surface area (Å²) in [5, 5.41) is 0. The van der Waals surface area contributed by atoms with Gasteiger partial charge < -0.3 is 9.31 Å². The van der Waals surface area contributed by atoms with E-state index < -0.39 is 43.8 Å². The lowest BCUT2D eigenvalue weighted by Gasteiger charge is -2.32. The third-order valence-corrected chi connectivity index (χ3v) is 8.52. The van der Waals surface area contributed by atoms with Crippen molar-refractivity contribution in [3.05, 3.63) is 137 Å². The van der Waals surface area contributed by atoms with E-state index in [9.17, 15) is 11.0 Å². The monoisotopic (exact) mass is 602 g/mol. The van der Waals surface area contributed by atoms with E-state index in [1.807, 2.05) is 88.4 Å². The smallest absolute Gasteiger partial charge is 0.399 e. The Hall–Kier alpha value is -4.06. The maximum atomic E-state index is 9.36. The fourth-order valence-electron chi connectivity index (χ4n) is 5.10. The molecule has 1 fully saturated rings. The van der Waals surface area contributed by atoms with E-state index in [2.05, 4.69) is 9.97 Å². The Balaban J connectivity index is 1.47. The third-order valence-electron chi connectivity index (χ3n) is 8.52. The zero-order valence-corrected chi connectivity index (χ0v) is 26.6. The first-order valence-corrected chi connectivity index (χ1v) is 15.2. The highest BCUT2D eigenvalue weighted by Crippen LogP contribution is 2.36. The van der Waals surface area contributed by atoms with E-state index in [0.717, 1.165) is 11.1 Å². The maximum Gasteiger partial charge on any atom is 0.494 e. The Morgan fingerprint density at radius 2 is 1.02 bits per heavy atom. The number of aryl methyl sites for hydroxylation is 6. The number of rotatable bonds is 9. The second-order valence-corrected chi connectivity index (χ2v) is 12.4. The van der Waals surface area contributed by atoms with Gasteiger partial charge in [-0.15, -0.1) is 0 Å². The van der Waals surface area contributed by atoms with Crippen molar-refractivity contribution in [3.63, 3.8) is 0 Å². The molecule has 0 radical (unpaired) electrons. The standard InChI is InChI=1S/C40H43BN2O2/c1-28-21-37(32-13-9-7-10-14-32)42-26-34(28)19-17-30-23-31(25-36(24-30)41-44-39(3,4)40(5,6)45-41)18-20-35-27-43-38(22-29(35)2)33-15-11-8-12-16-33/h7-16,21-27H,17-20H2,1-6H3/i17D2,18D2,19D2,20D2. The fourth-order valence-corrected chi connectivity index (χ4v) is 5.10. The van der Waals surface area contributed by atoms with Gasteiger partial charge >= 0.3 is 7.12 Å². The Bertz CT molecular complexity index is 2000. The van der Waals surface area contributed by atoms with Crippen LogP contribution in [0.3, 0.4) is 0 Å². The van der Waals surface area contributed by atoms with Gasteiger partial charge in [-0.05, 0) is 118 Å². The second kappa shape index (κ2) is 12.7. The Morgan fingerprint density at radius 3 is 1.42 bits per heavy atom. The highest BCUT2D eigenvalue weighted by molar-refractivity contribution is 6.62. The van der Waals surface area contributed by atoms with Crippen molar-refractivity contribution in [1.29, 1.82) is 0 Å². The van der Waals surface area contributed by atoms with E-state index >= 15 is 0 Å². The summed E-state index contributed by atoms with van der Waals surface area (Å²) in [5.41, 5.74) is 2.19. The first-order valence-electron chi connectivity index (χ1n) is 19.2. The van der Waals surface area contributed by atoms with E-state index in [1.165, 1.54) is 30.6 Å². The normalized spacial score (nSPS) is 19.3. The van der Waals surface area contributed by atoms with E-state index in [0.29, 0.717) is 22.5 Å². The molecule has 6 rings (SSSR count). The molecule has 0 spiro atoms. The fraction of sp³-hybridized carbons (Fsp3) is 0.300. The van der Waals surface area contributed by atoms with E-state index in [-0.39, 0.29) is 27.7 Å². The van der Waals surface area contributed by atoms with Crippen LogP contribution in [0.4, 0.5) is 0 Å². The molecule has 3 heterocycles. The average molecular weight is 603 g/mol. The molecule has 0 saturated carbocycles. The van der Waals surface area contributed by atoms with Crippen LogP contribution in [0.15, 0.2) is 103 Å². The maximum absolute atomic E-state index is 9.36. The summed E-state index contributed by atoms with van der Waals surface area (Å²) in [4.78, 5) is 8.98. The zero-order chi connectivity index (χ0) is 38.8. The molecule has 0 amide bonds. The van der Waals surface area contributed by atoms with Crippen molar-refractivity contribution in [2.24, 2.45) is 0 Å². The van der Waals surface area contributed by atoms with Crippen LogP contribution in [0.5, 0.6) is 0 Å². The minimum absolute atomic E-state index is 0.0308. The van der Waals surface area contributed by atoms with Crippen molar-refractivity contribution in [1.82, 2.24) is 9.97 Å². The first-order chi connectivity index (χ1) is 24.6. The molecule has 1 aliphatic rings. The minimum Gasteiger partial charge on any atom is -0.399 e. The van der Waals surface area contributed by atoms with Crippen molar-refractivity contribution >= 4 is 12.6 Å². The molecular formula is C40H43BN2O2. The number of benzene rings is 3. The van der Waals surface area contributed by atoms with Crippen LogP contribution in [0, 0.1) is 13.8 Å². The molecule has 5 aromatic rings. The second-order valence-electron chi connectivity index (χ2n) is 12.4. The van der Waals surface area contributed by atoms with Crippen LogP contribution >= 0.6 is 0 Å². The highest BCUT2D eigenvalue weighted by Gasteiger charge is 2.51. The lowest BCUT2D eigenvalue weighted by atomic mass is 9.76. The summed E-state index contributed by atoms with van der Waals surface area (Å²) in [5.74, 6) is 0. The van der Waals surface area contributed by atoms with Gasteiger partial charge in [0.25, 0.3) is 0 Å². The number of nitrogens with zero attached hydrogens (tertiary/aromatic N) is 2. The van der Waals surface area contributed by atoms with Gasteiger partial charge in [0.1, 0.15) is 0 Å². The van der Waals surface area contributed by atoms with Crippen molar-refractivity contribution in [2.75, 3.05) is 0 Å². The van der Waals surface area contributed by atoms with E-state index in [4.69, 9.17) is 9.31 Å². The largest absolute Gasteiger partial charge is 0.494 e. The first kappa shape index (κ1) is 22.5. The van der Waals surface area contributed by atoms with Crippen LogP contribution in [0.2, 0.25) is 0 Å². The van der Waals surface area contributed by atoms with Crippen LogP contribution in [-0.2, 0) is 34.8 Å². The molecular weight excluding hydrogens is 551 g/mol. The number of hydrogen-bond acceptors (Lipinski definition) is 4. The van der Waals surface area contributed by atoms with Gasteiger partial charge in [-0.2, -0.15) is 0 Å². The summed E-state index contributed by atoms with van der Waals surface area (Å²) in [7, 11) is -1.07. The Morgan fingerprint density at radius 1 is 0.600 bits per heavy atom. The molecule has 3 aromatic carbocycles. The van der Waals surface area contributed by atoms with E-state index in [1.54, 1.807) is 26.0 Å². The number of aromatic nitrogens is 2. The Kier molecular flexibility index (Phi) is 6.36. The van der Waals surface area contributed by atoms with Crippen molar-refractivity contribution in [2.45, 2.75) is 78.2 Å². The summed E-state index contributed by atoms with van der Waals surface area (Å²) >= 11 is 0. The molecule has 5 heteroatoms. The van der Waals surface area contributed by atoms with Crippen LogP contribution in [-0.4, -0.2) is 28.3 Å². The lowest BCUT2D eigenvalue weighted by Crippen LogP contribution is -2.41. The molecule has 0 bridgehead atoms. The number of pyridine rings is 2. The number of hydrogen-bond donors (Lipinski definition) is 0. The summed E-state index contributed by atoms with van der Waals surface area (Å²) in [6.07, 6.45) is -8.16. The molecule has 2 aromatic heterocycles. The molecule has 0 unspecified atom stereocenters. The molecule has 1 aliphatic heterocycles. The van der Waals surface area contributed by atoms with Crippen molar-refractivity contribution in [3.8, 4) is 22.5 Å². The van der Waals surface area contributed by atoms with Gasteiger partial charge in [0.2, 0.25) is 0 Å². The molecule has 0 atom stereocenters. The molecule has 4 nitrogen and oxygen atoms in total. The summed E-state index contributed by atoms with van der Waals surface area (Å²) in [6.45, 7) is 10.8. The Labute approximate surface area is 280 Å². The van der Waals surface area contributed by atoms with Gasteiger partial charge in [0.15, 0.2) is 0 Å². The van der Waals surface area contributed by atoms with Gasteiger partial charge in [0.05, 0.1) is 22.6 Å². The molecule has 45 heavy (non-hydrogen) atoms. The summed E-state index contributed by atoms with van der Waals surface area (Å²) < 4.78 is 87.0. The SMILES string of the molecule is [2H]C([2H])(c1cc(B2OC(C)(C)C(C)(C)O2)cc(C([2H])([2H])C([2H])([2H])c2cnc(-c3ccccc3)cc2C)c1)C([2H])([2H])c1cnc(-c2ccccc2)cc1C.